The van der Waals surface area contributed by atoms with E-state index in [-0.39, 0.29) is 34.9 Å². The SMILES string of the molecule is CC(=O)OCC1=C(C(=O)O)N2C(=O)C(NC(=O)C(O)c3ccc([N+](=O)[O-])cc3)C2SC1. The van der Waals surface area contributed by atoms with Crippen molar-refractivity contribution in [2.24, 2.45) is 0 Å². The second-order valence-corrected chi connectivity index (χ2v) is 7.79. The van der Waals surface area contributed by atoms with Crippen molar-refractivity contribution < 1.29 is 39.1 Å². The van der Waals surface area contributed by atoms with Crippen LogP contribution in [0.4, 0.5) is 5.69 Å². The molecule has 31 heavy (non-hydrogen) atoms. The van der Waals surface area contributed by atoms with Gasteiger partial charge in [0.05, 0.1) is 4.92 Å². The summed E-state index contributed by atoms with van der Waals surface area (Å²) >= 11 is 1.18. The summed E-state index contributed by atoms with van der Waals surface area (Å²) in [4.78, 5) is 58.7. The van der Waals surface area contributed by atoms with Gasteiger partial charge in [0.25, 0.3) is 17.5 Å². The van der Waals surface area contributed by atoms with Gasteiger partial charge in [-0.25, -0.2) is 4.79 Å². The fraction of sp³-hybridized carbons (Fsp3) is 0.333. The van der Waals surface area contributed by atoms with Crippen LogP contribution in [-0.4, -0.2) is 67.6 Å². The topological polar surface area (TPSA) is 176 Å². The van der Waals surface area contributed by atoms with Crippen molar-refractivity contribution in [3.63, 3.8) is 0 Å². The number of hydrogen-bond donors (Lipinski definition) is 3. The Balaban J connectivity index is 1.70. The van der Waals surface area contributed by atoms with E-state index in [0.29, 0.717) is 0 Å². The molecule has 1 fully saturated rings. The molecule has 164 valence electrons. The molecule has 1 aromatic carbocycles. The first-order chi connectivity index (χ1) is 14.6. The first kappa shape index (κ1) is 22.2. The number of carboxylic acids is 1. The molecule has 0 spiro atoms. The summed E-state index contributed by atoms with van der Waals surface area (Å²) in [6.07, 6.45) is -1.68. The normalized spacial score (nSPS) is 21.0. The maximum atomic E-state index is 12.5. The molecule has 0 saturated carbocycles. The van der Waals surface area contributed by atoms with Crippen LogP contribution in [0.25, 0.3) is 0 Å². The molecule has 1 saturated heterocycles. The Morgan fingerprint density at radius 3 is 2.55 bits per heavy atom. The third-order valence-corrected chi connectivity index (χ3v) is 6.00. The number of nitrogens with one attached hydrogen (secondary N) is 1. The maximum absolute atomic E-state index is 12.5. The van der Waals surface area contributed by atoms with Gasteiger partial charge in [0, 0.05) is 30.4 Å². The molecule has 3 unspecified atom stereocenters. The number of β-lactam (4-membered cyclic amide) rings is 1. The van der Waals surface area contributed by atoms with E-state index in [9.17, 15) is 39.5 Å². The standard InChI is InChI=1S/C18H17N3O9S/c1-8(22)30-6-10-7-31-17-12(16(25)20(17)13(10)18(26)27)19-15(24)14(23)9-2-4-11(5-3-9)21(28)29/h2-5,12,14,17,23H,6-7H2,1H3,(H,19,24)(H,26,27). The number of ether oxygens (including phenoxy) is 1. The minimum Gasteiger partial charge on any atom is -0.477 e. The lowest BCUT2D eigenvalue weighted by Gasteiger charge is -2.49. The third-order valence-electron chi connectivity index (χ3n) is 4.67. The molecule has 2 aliphatic rings. The maximum Gasteiger partial charge on any atom is 0.352 e. The van der Waals surface area contributed by atoms with Crippen LogP contribution in [0.3, 0.4) is 0 Å². The molecule has 0 aliphatic carbocycles. The number of nitro benzene ring substituents is 1. The van der Waals surface area contributed by atoms with Crippen LogP contribution in [0.15, 0.2) is 35.5 Å². The summed E-state index contributed by atoms with van der Waals surface area (Å²) in [5.41, 5.74) is -0.153. The van der Waals surface area contributed by atoms with Gasteiger partial charge in [-0.05, 0) is 17.7 Å². The number of aliphatic carboxylic acids is 1. The Morgan fingerprint density at radius 2 is 2.00 bits per heavy atom. The Labute approximate surface area is 179 Å². The van der Waals surface area contributed by atoms with Gasteiger partial charge in [0.1, 0.15) is 23.7 Å². The lowest BCUT2D eigenvalue weighted by molar-refractivity contribution is -0.384. The van der Waals surface area contributed by atoms with Crippen molar-refractivity contribution in [3.05, 3.63) is 51.2 Å². The molecule has 0 aromatic heterocycles. The van der Waals surface area contributed by atoms with Crippen LogP contribution in [0.1, 0.15) is 18.6 Å². The zero-order valence-electron chi connectivity index (χ0n) is 16.0. The van der Waals surface area contributed by atoms with E-state index in [2.05, 4.69) is 5.32 Å². The van der Waals surface area contributed by atoms with Crippen LogP contribution < -0.4 is 5.32 Å². The minimum atomic E-state index is -1.68. The molecular weight excluding hydrogens is 434 g/mol. The molecule has 3 N–H and O–H groups in total. The number of thioether (sulfide) groups is 1. The highest BCUT2D eigenvalue weighted by molar-refractivity contribution is 8.00. The van der Waals surface area contributed by atoms with Gasteiger partial charge in [-0.1, -0.05) is 0 Å². The van der Waals surface area contributed by atoms with E-state index in [1.54, 1.807) is 0 Å². The number of amides is 2. The zero-order chi connectivity index (χ0) is 22.9. The van der Waals surface area contributed by atoms with E-state index in [0.717, 1.165) is 17.0 Å². The molecule has 0 radical (unpaired) electrons. The van der Waals surface area contributed by atoms with Gasteiger partial charge in [-0.15, -0.1) is 11.8 Å². The van der Waals surface area contributed by atoms with Crippen LogP contribution in [0.5, 0.6) is 0 Å². The van der Waals surface area contributed by atoms with Gasteiger partial charge in [0.15, 0.2) is 6.10 Å². The predicted octanol–water partition coefficient (Wildman–Crippen LogP) is -0.0701. The molecule has 0 bridgehead atoms. The Kier molecular flexibility index (Phi) is 6.27. The highest BCUT2D eigenvalue weighted by Gasteiger charge is 2.54. The molecule has 2 aliphatic heterocycles. The molecule has 1 aromatic rings. The van der Waals surface area contributed by atoms with Crippen molar-refractivity contribution in [1.82, 2.24) is 10.2 Å². The first-order valence-electron chi connectivity index (χ1n) is 8.88. The van der Waals surface area contributed by atoms with Crippen LogP contribution in [0.2, 0.25) is 0 Å². The third kappa shape index (κ3) is 4.36. The van der Waals surface area contributed by atoms with Crippen molar-refractivity contribution >= 4 is 41.2 Å². The van der Waals surface area contributed by atoms with Crippen LogP contribution >= 0.6 is 11.8 Å². The second-order valence-electron chi connectivity index (χ2n) is 6.68. The number of fused-ring (bicyclic) bond motifs is 1. The Hall–Kier alpha value is -3.45. The van der Waals surface area contributed by atoms with Gasteiger partial charge in [-0.2, -0.15) is 0 Å². The van der Waals surface area contributed by atoms with Gasteiger partial charge in [-0.3, -0.25) is 29.4 Å². The fourth-order valence-corrected chi connectivity index (χ4v) is 4.47. The summed E-state index contributed by atoms with van der Waals surface area (Å²) in [6.45, 7) is 0.909. The number of aliphatic hydroxyl groups excluding tert-OH is 1. The number of carbonyl (C=O) groups excluding carboxylic acids is 3. The number of non-ortho nitro benzene ring substituents is 1. The summed E-state index contributed by atoms with van der Waals surface area (Å²) in [5.74, 6) is -3.37. The predicted molar refractivity (Wildman–Crippen MR) is 104 cm³/mol. The monoisotopic (exact) mass is 451 g/mol. The molecule has 3 rings (SSSR count). The summed E-state index contributed by atoms with van der Waals surface area (Å²) < 4.78 is 4.84. The van der Waals surface area contributed by atoms with Gasteiger partial charge in [0.2, 0.25) is 0 Å². The first-order valence-corrected chi connectivity index (χ1v) is 9.92. The second kappa shape index (κ2) is 8.73. The van der Waals surface area contributed by atoms with Gasteiger partial charge >= 0.3 is 11.9 Å². The smallest absolute Gasteiger partial charge is 0.352 e. The van der Waals surface area contributed by atoms with E-state index >= 15 is 0 Å². The number of carbonyl (C=O) groups is 4. The van der Waals surface area contributed by atoms with E-state index in [4.69, 9.17) is 4.74 Å². The Morgan fingerprint density at radius 1 is 1.35 bits per heavy atom. The number of benzene rings is 1. The van der Waals surface area contributed by atoms with E-state index in [1.807, 2.05) is 0 Å². The van der Waals surface area contributed by atoms with Crippen molar-refractivity contribution in [3.8, 4) is 0 Å². The Bertz CT molecular complexity index is 991. The number of esters is 1. The highest BCUT2D eigenvalue weighted by atomic mass is 32.2. The number of hydrogen-bond acceptors (Lipinski definition) is 9. The van der Waals surface area contributed by atoms with E-state index in [1.165, 1.54) is 30.8 Å². The average molecular weight is 451 g/mol. The minimum absolute atomic E-state index is 0.0952. The number of nitrogens with zero attached hydrogens (tertiary/aromatic N) is 2. The number of aliphatic hydroxyl groups is 1. The molecule has 12 nitrogen and oxygen atoms in total. The molecule has 2 amide bonds. The number of nitro groups is 1. The summed E-state index contributed by atoms with van der Waals surface area (Å²) in [7, 11) is 0. The molecule has 13 heteroatoms. The van der Waals surface area contributed by atoms with Crippen molar-refractivity contribution in [2.45, 2.75) is 24.4 Å². The van der Waals surface area contributed by atoms with Gasteiger partial charge < -0.3 is 20.3 Å². The largest absolute Gasteiger partial charge is 0.477 e. The zero-order valence-corrected chi connectivity index (χ0v) is 16.8. The molecule has 2 heterocycles. The highest BCUT2D eigenvalue weighted by Crippen LogP contribution is 2.40. The van der Waals surface area contributed by atoms with E-state index < -0.39 is 46.2 Å². The summed E-state index contributed by atoms with van der Waals surface area (Å²) in [6, 6.07) is 3.65. The fourth-order valence-electron chi connectivity index (χ4n) is 3.14. The van der Waals surface area contributed by atoms with Crippen LogP contribution in [-0.2, 0) is 23.9 Å². The number of rotatable bonds is 7. The molecular formula is C18H17N3O9S. The lowest BCUT2D eigenvalue weighted by atomic mass is 10.0. The summed E-state index contributed by atoms with van der Waals surface area (Å²) in [5, 5.41) is 32.1. The van der Waals surface area contributed by atoms with Crippen LogP contribution in [0, 0.1) is 10.1 Å². The van der Waals surface area contributed by atoms with Crippen molar-refractivity contribution in [2.75, 3.05) is 12.4 Å². The molecule has 3 atom stereocenters. The quantitative estimate of drug-likeness (QED) is 0.220. The average Bonchev–Trinajstić information content (AvgIpc) is 2.74. The van der Waals surface area contributed by atoms with Crippen molar-refractivity contribution in [1.29, 1.82) is 0 Å². The number of carboxylic acid groups (broad SMARTS) is 1. The lowest BCUT2D eigenvalue weighted by Crippen LogP contribution is -2.71.